The molecule has 0 aromatic carbocycles. The third kappa shape index (κ3) is 40.4. The van der Waals surface area contributed by atoms with E-state index in [1.165, 1.54) is 70.6 Å². The molecule has 0 aliphatic rings. The first kappa shape index (κ1) is 49.6. The summed E-state index contributed by atoms with van der Waals surface area (Å²) in [7, 11) is 0. The molecule has 0 spiro atoms. The van der Waals surface area contributed by atoms with Gasteiger partial charge in [0.25, 0.3) is 0 Å². The second-order valence-corrected chi connectivity index (χ2v) is 14.2. The molecule has 0 bridgehead atoms. The Bertz CT molecular complexity index is 915. The highest BCUT2D eigenvalue weighted by Gasteiger charge is 2.17. The minimum absolute atomic E-state index is 0.0685. The summed E-state index contributed by atoms with van der Waals surface area (Å²) in [6.07, 6.45) is 52.2. The van der Waals surface area contributed by atoms with Crippen molar-refractivity contribution in [3.8, 4) is 0 Å². The molecule has 0 aliphatic heterocycles. The van der Waals surface area contributed by atoms with Crippen LogP contribution >= 0.6 is 0 Å². The Labute approximate surface area is 322 Å². The smallest absolute Gasteiger partial charge is 0.306 e. The van der Waals surface area contributed by atoms with E-state index in [4.69, 9.17) is 14.2 Å². The van der Waals surface area contributed by atoms with Crippen molar-refractivity contribution in [2.45, 2.75) is 207 Å². The molecule has 0 heterocycles. The molecule has 0 amide bonds. The Balaban J connectivity index is 4.19. The molecule has 300 valence electrons. The van der Waals surface area contributed by atoms with Crippen LogP contribution in [0.5, 0.6) is 0 Å². The van der Waals surface area contributed by atoms with Crippen molar-refractivity contribution in [2.75, 3.05) is 19.8 Å². The Morgan fingerprint density at radius 1 is 0.442 bits per heavy atom. The van der Waals surface area contributed by atoms with Gasteiger partial charge in [-0.15, -0.1) is 0 Å². The van der Waals surface area contributed by atoms with Crippen LogP contribution in [0, 0.1) is 0 Å². The van der Waals surface area contributed by atoms with Crippen LogP contribution in [0.25, 0.3) is 0 Å². The molecule has 0 aromatic rings. The zero-order chi connectivity index (χ0) is 37.8. The van der Waals surface area contributed by atoms with E-state index in [-0.39, 0.29) is 25.2 Å². The minimum Gasteiger partial charge on any atom is -0.462 e. The van der Waals surface area contributed by atoms with E-state index in [1.807, 2.05) is 0 Å². The van der Waals surface area contributed by atoms with Crippen LogP contribution in [0.2, 0.25) is 0 Å². The van der Waals surface area contributed by atoms with Crippen LogP contribution in [0.3, 0.4) is 0 Å². The lowest BCUT2D eigenvalue weighted by molar-refractivity contribution is -0.163. The molecular formula is C47H82O5. The monoisotopic (exact) mass is 727 g/mol. The summed E-state index contributed by atoms with van der Waals surface area (Å²) in [6, 6.07) is 0. The van der Waals surface area contributed by atoms with Gasteiger partial charge in [-0.2, -0.15) is 0 Å². The lowest BCUT2D eigenvalue weighted by Crippen LogP contribution is -2.30. The topological polar surface area (TPSA) is 61.8 Å². The zero-order valence-electron chi connectivity index (χ0n) is 34.3. The van der Waals surface area contributed by atoms with Gasteiger partial charge in [-0.25, -0.2) is 0 Å². The second kappa shape index (κ2) is 43.0. The number of carbonyl (C=O) groups excluding carboxylic acids is 2. The average Bonchev–Trinajstić information content (AvgIpc) is 3.14. The molecule has 5 nitrogen and oxygen atoms in total. The molecule has 1 atom stereocenters. The van der Waals surface area contributed by atoms with Gasteiger partial charge >= 0.3 is 11.9 Å². The van der Waals surface area contributed by atoms with E-state index in [1.54, 1.807) is 0 Å². The minimum atomic E-state index is -0.545. The van der Waals surface area contributed by atoms with Crippen molar-refractivity contribution in [3.63, 3.8) is 0 Å². The first-order chi connectivity index (χ1) is 25.6. The fraction of sp³-hybridized carbons (Fsp3) is 0.745. The lowest BCUT2D eigenvalue weighted by atomic mass is 10.1. The summed E-state index contributed by atoms with van der Waals surface area (Å²) < 4.78 is 17.2. The predicted molar refractivity (Wildman–Crippen MR) is 224 cm³/mol. The maximum atomic E-state index is 12.6. The van der Waals surface area contributed by atoms with Crippen molar-refractivity contribution < 1.29 is 23.8 Å². The molecule has 0 fully saturated rings. The molecule has 52 heavy (non-hydrogen) atoms. The van der Waals surface area contributed by atoms with E-state index in [9.17, 15) is 9.59 Å². The van der Waals surface area contributed by atoms with Gasteiger partial charge in [-0.1, -0.05) is 165 Å². The van der Waals surface area contributed by atoms with Crippen molar-refractivity contribution in [1.82, 2.24) is 0 Å². The molecule has 0 saturated carbocycles. The first-order valence-corrected chi connectivity index (χ1v) is 21.8. The Morgan fingerprint density at radius 2 is 0.865 bits per heavy atom. The van der Waals surface area contributed by atoms with Crippen LogP contribution in [0.4, 0.5) is 0 Å². The number of rotatable bonds is 39. The molecule has 0 saturated heterocycles. The summed E-state index contributed by atoms with van der Waals surface area (Å²) in [5.41, 5.74) is 0. The summed E-state index contributed by atoms with van der Waals surface area (Å²) >= 11 is 0. The maximum absolute atomic E-state index is 12.6. The highest BCUT2D eigenvalue weighted by Crippen LogP contribution is 2.12. The van der Waals surface area contributed by atoms with E-state index < -0.39 is 6.10 Å². The third-order valence-electron chi connectivity index (χ3n) is 9.04. The highest BCUT2D eigenvalue weighted by atomic mass is 16.6. The molecular weight excluding hydrogens is 645 g/mol. The van der Waals surface area contributed by atoms with Gasteiger partial charge in [0.2, 0.25) is 0 Å². The van der Waals surface area contributed by atoms with Gasteiger partial charge in [-0.05, 0) is 83.5 Å². The van der Waals surface area contributed by atoms with Gasteiger partial charge < -0.3 is 14.2 Å². The maximum Gasteiger partial charge on any atom is 0.306 e. The van der Waals surface area contributed by atoms with Crippen molar-refractivity contribution in [2.24, 2.45) is 0 Å². The fourth-order valence-corrected chi connectivity index (χ4v) is 5.79. The second-order valence-electron chi connectivity index (χ2n) is 14.2. The van der Waals surface area contributed by atoms with E-state index in [0.717, 1.165) is 96.3 Å². The molecule has 0 aromatic heterocycles. The van der Waals surface area contributed by atoms with E-state index >= 15 is 0 Å². The van der Waals surface area contributed by atoms with Gasteiger partial charge in [0.05, 0.1) is 6.61 Å². The highest BCUT2D eigenvalue weighted by molar-refractivity contribution is 5.70. The normalized spacial score (nSPS) is 12.8. The van der Waals surface area contributed by atoms with Crippen molar-refractivity contribution >= 4 is 11.9 Å². The lowest BCUT2D eigenvalue weighted by Gasteiger charge is -2.18. The quantitative estimate of drug-likeness (QED) is 0.0358. The molecule has 0 rings (SSSR count). The molecule has 0 aliphatic carbocycles. The Hall–Kier alpha value is -2.40. The van der Waals surface area contributed by atoms with Gasteiger partial charge in [0.15, 0.2) is 6.10 Å². The predicted octanol–water partition coefficient (Wildman–Crippen LogP) is 14.2. The average molecular weight is 727 g/mol. The standard InChI is InChI=1S/C47H82O5/c1-4-7-10-13-16-18-20-22-23-24-25-27-28-30-32-34-37-40-46(48)51-44-45(43-50-42-39-36-15-12-9-6-3)52-47(49)41-38-35-33-31-29-26-21-19-17-14-11-8-5-2/h7,10,16,18-19,21-23,25,27,45H,4-6,8-9,11-15,17,20,24,26,28-44H2,1-3H3/b10-7-,18-16-,21-19-,23-22-,27-25-. The number of esters is 2. The first-order valence-electron chi connectivity index (χ1n) is 21.8. The number of hydrogen-bond acceptors (Lipinski definition) is 5. The number of carbonyl (C=O) groups is 2. The molecule has 0 N–H and O–H groups in total. The number of unbranched alkanes of at least 4 members (excludes halogenated alkanes) is 18. The van der Waals surface area contributed by atoms with Crippen LogP contribution in [0.15, 0.2) is 60.8 Å². The molecule has 5 heteroatoms. The summed E-state index contributed by atoms with van der Waals surface area (Å²) in [4.78, 5) is 25.1. The van der Waals surface area contributed by atoms with Crippen LogP contribution in [-0.2, 0) is 23.8 Å². The SMILES string of the molecule is CC/C=C\C/C=C\C/C=C\C/C=C\CCCCCCC(=O)OCC(COCCCCCCCC)OC(=O)CCCCCCC/C=C\CCCCCC. The summed E-state index contributed by atoms with van der Waals surface area (Å²) in [5.74, 6) is -0.439. The van der Waals surface area contributed by atoms with Crippen LogP contribution in [0.1, 0.15) is 201 Å². The number of hydrogen-bond donors (Lipinski definition) is 0. The third-order valence-corrected chi connectivity index (χ3v) is 9.04. The van der Waals surface area contributed by atoms with Crippen LogP contribution in [-0.4, -0.2) is 37.9 Å². The molecule has 1 unspecified atom stereocenters. The van der Waals surface area contributed by atoms with Crippen molar-refractivity contribution in [3.05, 3.63) is 60.8 Å². The molecule has 0 radical (unpaired) electrons. The largest absolute Gasteiger partial charge is 0.462 e. The van der Waals surface area contributed by atoms with E-state index in [0.29, 0.717) is 19.4 Å². The Morgan fingerprint density at radius 3 is 1.42 bits per heavy atom. The fourth-order valence-electron chi connectivity index (χ4n) is 5.79. The van der Waals surface area contributed by atoms with E-state index in [2.05, 4.69) is 81.5 Å². The number of allylic oxidation sites excluding steroid dienone is 10. The number of ether oxygens (including phenoxy) is 3. The zero-order valence-corrected chi connectivity index (χ0v) is 34.3. The summed E-state index contributed by atoms with van der Waals surface area (Å²) in [6.45, 7) is 7.62. The van der Waals surface area contributed by atoms with Crippen molar-refractivity contribution in [1.29, 1.82) is 0 Å². The Kier molecular flexibility index (Phi) is 41.0. The van der Waals surface area contributed by atoms with Crippen LogP contribution < -0.4 is 0 Å². The van der Waals surface area contributed by atoms with Gasteiger partial charge in [-0.3, -0.25) is 9.59 Å². The summed E-state index contributed by atoms with van der Waals surface area (Å²) in [5, 5.41) is 0. The van der Waals surface area contributed by atoms with Gasteiger partial charge in [0.1, 0.15) is 6.61 Å². The van der Waals surface area contributed by atoms with Gasteiger partial charge in [0, 0.05) is 19.4 Å².